The molecule has 0 saturated carbocycles. The number of fused-ring (bicyclic) bond motifs is 1. The molecule has 3 heterocycles. The van der Waals surface area contributed by atoms with Gasteiger partial charge in [0.25, 0.3) is 0 Å². The van der Waals surface area contributed by atoms with Crippen molar-refractivity contribution in [3.8, 4) is 0 Å². The third kappa shape index (κ3) is 13.2. The van der Waals surface area contributed by atoms with E-state index in [1.165, 1.54) is 20.8 Å². The van der Waals surface area contributed by atoms with E-state index in [1.807, 2.05) is 0 Å². The number of thioether (sulfide) groups is 1. The first-order valence-corrected chi connectivity index (χ1v) is 21.7. The third-order valence-corrected chi connectivity index (χ3v) is 11.9. The van der Waals surface area contributed by atoms with Crippen LogP contribution in [0, 0.1) is 5.41 Å². The number of rotatable bonds is 22. The molecule has 0 bridgehead atoms. The van der Waals surface area contributed by atoms with E-state index >= 15 is 0 Å². The van der Waals surface area contributed by atoms with Crippen LogP contribution < -0.4 is 16.4 Å². The number of nitrogens with zero attached hydrogens (tertiary/aromatic N) is 4. The summed E-state index contributed by atoms with van der Waals surface area (Å²) >= 11 is 1.55. The Morgan fingerprint density at radius 2 is 1.74 bits per heavy atom. The molecule has 2 amide bonds. The maximum absolute atomic E-state index is 12.7. The van der Waals surface area contributed by atoms with Crippen LogP contribution in [0.15, 0.2) is 12.7 Å². The molecule has 0 spiro atoms. The van der Waals surface area contributed by atoms with Gasteiger partial charge in [0.15, 0.2) is 17.2 Å². The average Bonchev–Trinajstić information content (AvgIpc) is 3.60. The Bertz CT molecular complexity index is 1750. The highest BCUT2D eigenvalue weighted by atomic mass is 32.2. The zero-order valence-corrected chi connectivity index (χ0v) is 33.0. The van der Waals surface area contributed by atoms with Gasteiger partial charge in [0, 0.05) is 30.7 Å². The maximum atomic E-state index is 12.7. The lowest BCUT2D eigenvalue weighted by Gasteiger charge is -2.30. The first-order chi connectivity index (χ1) is 24.9. The Balaban J connectivity index is 1.54. The largest absolute Gasteiger partial charge is 0.481 e. The van der Waals surface area contributed by atoms with Crippen LogP contribution in [-0.4, -0.2) is 135 Å². The number of phosphoric acid groups is 3. The number of imidazole rings is 1. The Morgan fingerprint density at radius 3 is 2.39 bits per heavy atom. The molecule has 1 saturated heterocycles. The molecular weight excluding hydrogens is 807 g/mol. The molecule has 308 valence electrons. The van der Waals surface area contributed by atoms with Gasteiger partial charge < -0.3 is 56.0 Å². The normalized spacial score (nSPS) is 24.1. The molecule has 11 N–H and O–H groups in total. The Morgan fingerprint density at radius 1 is 1.07 bits per heavy atom. The molecule has 3 rings (SSSR count). The lowest BCUT2D eigenvalue weighted by Crippen LogP contribution is -2.46. The van der Waals surface area contributed by atoms with Crippen molar-refractivity contribution >= 4 is 64.0 Å². The number of nitrogen functional groups attached to an aromatic ring is 1. The van der Waals surface area contributed by atoms with Crippen LogP contribution >= 0.6 is 35.2 Å². The van der Waals surface area contributed by atoms with Gasteiger partial charge in [0.1, 0.15) is 36.3 Å². The molecule has 24 nitrogen and oxygen atoms in total. The molecule has 54 heavy (non-hydrogen) atoms. The summed E-state index contributed by atoms with van der Waals surface area (Å²) in [5.74, 6) is -0.00375. The molecule has 1 fully saturated rings. The number of amides is 2. The number of nitrogens with one attached hydrogen (secondary N) is 2. The number of phosphoric ester groups is 3. The molecule has 28 heteroatoms. The van der Waals surface area contributed by atoms with Gasteiger partial charge in [-0.15, -0.1) is 0 Å². The van der Waals surface area contributed by atoms with E-state index < -0.39 is 84.2 Å². The van der Waals surface area contributed by atoms with Crippen LogP contribution in [0.1, 0.15) is 40.5 Å². The van der Waals surface area contributed by atoms with E-state index in [-0.39, 0.29) is 35.9 Å². The number of carbonyl (C=O) groups excluding carboxylic acids is 2. The van der Waals surface area contributed by atoms with E-state index in [0.29, 0.717) is 18.7 Å². The minimum Gasteiger partial charge on any atom is -0.393 e. The number of aliphatic hydroxyl groups is 3. The summed E-state index contributed by atoms with van der Waals surface area (Å²) < 4.78 is 62.6. The quantitative estimate of drug-likeness (QED) is 0.0506. The number of aliphatic hydroxyl groups excluding tert-OH is 3. The summed E-state index contributed by atoms with van der Waals surface area (Å²) in [5, 5.41) is 35.9. The topological polar surface area (TPSA) is 367 Å². The van der Waals surface area contributed by atoms with E-state index in [2.05, 4.69) is 29.9 Å². The minimum absolute atomic E-state index is 0.0231. The van der Waals surface area contributed by atoms with Crippen LogP contribution in [0.4, 0.5) is 5.82 Å². The van der Waals surface area contributed by atoms with Crippen molar-refractivity contribution in [3.05, 3.63) is 12.7 Å². The van der Waals surface area contributed by atoms with Crippen molar-refractivity contribution < 1.29 is 80.8 Å². The van der Waals surface area contributed by atoms with Crippen molar-refractivity contribution in [2.24, 2.45) is 5.41 Å². The first-order valence-electron chi connectivity index (χ1n) is 16.1. The molecule has 8 unspecified atom stereocenters. The van der Waals surface area contributed by atoms with Crippen molar-refractivity contribution in [1.29, 1.82) is 0 Å². The molecule has 2 aromatic rings. The third-order valence-electron chi connectivity index (χ3n) is 7.81. The summed E-state index contributed by atoms with van der Waals surface area (Å²) in [6, 6.07) is 0. The van der Waals surface area contributed by atoms with Gasteiger partial charge in [-0.3, -0.25) is 27.7 Å². The second-order valence-electron chi connectivity index (χ2n) is 12.9. The Hall–Kier alpha value is -2.15. The summed E-state index contributed by atoms with van der Waals surface area (Å²) in [4.78, 5) is 75.8. The monoisotopic (exact) mass is 853 g/mol. The van der Waals surface area contributed by atoms with Gasteiger partial charge in [0.2, 0.25) is 11.8 Å². The lowest BCUT2D eigenvalue weighted by molar-refractivity contribution is -0.137. The zero-order chi connectivity index (χ0) is 40.7. The maximum Gasteiger partial charge on any atom is 0.481 e. The van der Waals surface area contributed by atoms with Crippen LogP contribution in [0.25, 0.3) is 11.2 Å². The Labute approximate surface area is 313 Å². The first kappa shape index (κ1) is 46.2. The zero-order valence-electron chi connectivity index (χ0n) is 29.5. The van der Waals surface area contributed by atoms with E-state index in [0.717, 1.165) is 23.0 Å². The van der Waals surface area contributed by atoms with Crippen LogP contribution in [0.5, 0.6) is 0 Å². The molecule has 8 atom stereocenters. The van der Waals surface area contributed by atoms with E-state index in [4.69, 9.17) is 24.0 Å². The fourth-order valence-electron chi connectivity index (χ4n) is 4.87. The van der Waals surface area contributed by atoms with Gasteiger partial charge in [-0.25, -0.2) is 28.6 Å². The van der Waals surface area contributed by atoms with Gasteiger partial charge in [0.05, 0.1) is 25.6 Å². The number of carbonyl (C=O) groups is 2. The van der Waals surface area contributed by atoms with E-state index in [1.54, 1.807) is 18.7 Å². The van der Waals surface area contributed by atoms with Crippen LogP contribution in [-0.2, 0) is 51.6 Å². The number of hydrogen-bond acceptors (Lipinski definition) is 18. The highest BCUT2D eigenvalue weighted by Gasteiger charge is 2.57. The summed E-state index contributed by atoms with van der Waals surface area (Å²) in [5.41, 5.74) is 2.34. The highest BCUT2D eigenvalue weighted by Crippen LogP contribution is 2.61. The van der Waals surface area contributed by atoms with Gasteiger partial charge in [-0.05, 0) is 26.0 Å². The predicted molar refractivity (Wildman–Crippen MR) is 188 cm³/mol. The number of nitrogens with two attached hydrogens (primary N) is 1. The molecule has 2 aromatic heterocycles. The molecule has 1 aliphatic heterocycles. The molecule has 0 aromatic carbocycles. The fraction of sp³-hybridized carbons (Fsp3) is 0.731. The van der Waals surface area contributed by atoms with Crippen molar-refractivity contribution in [3.63, 3.8) is 0 Å². The molecule has 0 aliphatic carbocycles. The standard InChI is InChI=1S/C26H46N7O17P3S/c1-15(34)6-9-54-10-8-28-17(35)5-7-29-24(38)21(37)25(2,3)12-47-53(44,45)50-52(42,43)46-11-16-19(49-51(39,40)41)20(36)26(4,48-16)33-14-32-18-22(27)30-13-31-23(18)33/h13-16,19-21,34,36-37H,5-12H2,1-4H3,(H,28,35)(H,29,38)(H,42,43)(H,44,45)(H2,27,30,31)(H2,39,40,41). The molecule has 1 aliphatic rings. The smallest absolute Gasteiger partial charge is 0.393 e. The second-order valence-corrected chi connectivity index (χ2v) is 18.3. The second kappa shape index (κ2) is 18.9. The summed E-state index contributed by atoms with van der Waals surface area (Å²) in [6.45, 7) is 3.67. The van der Waals surface area contributed by atoms with Crippen LogP contribution in [0.3, 0.4) is 0 Å². The highest BCUT2D eigenvalue weighted by molar-refractivity contribution is 7.99. The predicted octanol–water partition coefficient (Wildman–Crippen LogP) is -0.917. The number of hydrogen-bond donors (Lipinski definition) is 10. The van der Waals surface area contributed by atoms with Crippen molar-refractivity contribution in [2.75, 3.05) is 43.5 Å². The SMILES string of the molecule is CC(O)CCSCCNC(=O)CCNC(=O)C(O)C(C)(C)COP(=O)(O)OP(=O)(O)OCC1OC(C)(n2cnc3c(N)ncnc32)C(O)C1OP(=O)(O)O. The molecular formula is C26H46N7O17P3S. The summed E-state index contributed by atoms with van der Waals surface area (Å²) in [6.07, 6.45) is -5.17. The Kier molecular flexibility index (Phi) is 16.1. The number of anilines is 1. The van der Waals surface area contributed by atoms with Crippen molar-refractivity contribution in [2.45, 2.75) is 76.8 Å². The van der Waals surface area contributed by atoms with Crippen molar-refractivity contribution in [1.82, 2.24) is 30.2 Å². The van der Waals surface area contributed by atoms with Crippen LogP contribution in [0.2, 0.25) is 0 Å². The average molecular weight is 854 g/mol. The minimum atomic E-state index is -5.58. The van der Waals surface area contributed by atoms with E-state index in [9.17, 15) is 58.2 Å². The number of ether oxygens (including phenoxy) is 1. The fourth-order valence-corrected chi connectivity index (χ4v) is 8.65. The summed E-state index contributed by atoms with van der Waals surface area (Å²) in [7, 11) is -16.4. The van der Waals surface area contributed by atoms with Gasteiger partial charge >= 0.3 is 23.5 Å². The lowest BCUT2D eigenvalue weighted by atomic mass is 9.87. The number of aromatic nitrogens is 4. The van der Waals surface area contributed by atoms with Gasteiger partial charge in [-0.2, -0.15) is 16.1 Å². The van der Waals surface area contributed by atoms with Gasteiger partial charge in [-0.1, -0.05) is 13.8 Å². The molecule has 0 radical (unpaired) electrons.